The Morgan fingerprint density at radius 1 is 1.29 bits per heavy atom. The van der Waals surface area contributed by atoms with Crippen LogP contribution in [0.4, 0.5) is 5.69 Å². The van der Waals surface area contributed by atoms with E-state index >= 15 is 0 Å². The first-order chi connectivity index (χ1) is 9.90. The van der Waals surface area contributed by atoms with E-state index in [2.05, 4.69) is 21.2 Å². The highest BCUT2D eigenvalue weighted by molar-refractivity contribution is 9.10. The maximum absolute atomic E-state index is 12.3. The van der Waals surface area contributed by atoms with E-state index in [9.17, 15) is 14.7 Å². The van der Waals surface area contributed by atoms with Crippen molar-refractivity contribution in [1.82, 2.24) is 4.57 Å². The highest BCUT2D eigenvalue weighted by Crippen LogP contribution is 2.23. The maximum Gasteiger partial charge on any atom is 0.337 e. The van der Waals surface area contributed by atoms with Gasteiger partial charge in [0.05, 0.1) is 11.3 Å². The molecule has 0 aliphatic heterocycles. The molecular formula is C15H15BrN2O3. The van der Waals surface area contributed by atoms with E-state index in [1.54, 1.807) is 24.3 Å². The standard InChI is InChI=1S/C15H15BrN2O3/c1-9(2)18-7-3-4-13(18)14(19)17-12-8-10(16)5-6-11(12)15(20)21/h3-9H,1-2H3,(H,17,19)(H,20,21). The summed E-state index contributed by atoms with van der Waals surface area (Å²) in [5.41, 5.74) is 0.800. The number of hydrogen-bond donors (Lipinski definition) is 2. The van der Waals surface area contributed by atoms with Crippen LogP contribution in [-0.4, -0.2) is 21.6 Å². The van der Waals surface area contributed by atoms with E-state index in [0.717, 1.165) is 0 Å². The van der Waals surface area contributed by atoms with E-state index in [1.807, 2.05) is 24.6 Å². The SMILES string of the molecule is CC(C)n1cccc1C(=O)Nc1cc(Br)ccc1C(=O)O. The topological polar surface area (TPSA) is 71.3 Å². The largest absolute Gasteiger partial charge is 0.478 e. The zero-order valence-electron chi connectivity index (χ0n) is 11.6. The van der Waals surface area contributed by atoms with Gasteiger partial charge >= 0.3 is 5.97 Å². The van der Waals surface area contributed by atoms with Gasteiger partial charge in [-0.15, -0.1) is 0 Å². The van der Waals surface area contributed by atoms with Crippen LogP contribution >= 0.6 is 15.9 Å². The second-order valence-electron chi connectivity index (χ2n) is 4.84. The van der Waals surface area contributed by atoms with Crippen LogP contribution in [0.15, 0.2) is 41.0 Å². The molecule has 0 radical (unpaired) electrons. The number of carbonyl (C=O) groups excluding carboxylic acids is 1. The second kappa shape index (κ2) is 6.13. The minimum Gasteiger partial charge on any atom is -0.478 e. The first kappa shape index (κ1) is 15.3. The van der Waals surface area contributed by atoms with Gasteiger partial charge in [0.1, 0.15) is 5.69 Å². The average molecular weight is 351 g/mol. The molecule has 1 heterocycles. The molecule has 1 amide bonds. The Kier molecular flexibility index (Phi) is 4.47. The molecule has 2 rings (SSSR count). The summed E-state index contributed by atoms with van der Waals surface area (Å²) < 4.78 is 2.52. The van der Waals surface area contributed by atoms with Crippen molar-refractivity contribution in [2.75, 3.05) is 5.32 Å². The molecule has 1 aromatic carbocycles. The van der Waals surface area contributed by atoms with Crippen LogP contribution in [0.5, 0.6) is 0 Å². The Balaban J connectivity index is 2.33. The van der Waals surface area contributed by atoms with Crippen molar-refractivity contribution >= 4 is 33.5 Å². The number of carboxylic acids is 1. The first-order valence-electron chi connectivity index (χ1n) is 6.41. The van der Waals surface area contributed by atoms with Gasteiger partial charge in [-0.1, -0.05) is 15.9 Å². The maximum atomic E-state index is 12.3. The van der Waals surface area contributed by atoms with Crippen molar-refractivity contribution in [3.63, 3.8) is 0 Å². The van der Waals surface area contributed by atoms with Gasteiger partial charge in [0, 0.05) is 16.7 Å². The monoisotopic (exact) mass is 350 g/mol. The van der Waals surface area contributed by atoms with Crippen LogP contribution < -0.4 is 5.32 Å². The van der Waals surface area contributed by atoms with Gasteiger partial charge in [-0.25, -0.2) is 4.79 Å². The van der Waals surface area contributed by atoms with Gasteiger partial charge in [0.2, 0.25) is 0 Å². The minimum absolute atomic E-state index is 0.0502. The highest BCUT2D eigenvalue weighted by atomic mass is 79.9. The summed E-state index contributed by atoms with van der Waals surface area (Å²) in [7, 11) is 0. The van der Waals surface area contributed by atoms with Gasteiger partial charge in [-0.2, -0.15) is 0 Å². The molecule has 0 atom stereocenters. The molecule has 0 unspecified atom stereocenters. The highest BCUT2D eigenvalue weighted by Gasteiger charge is 2.17. The first-order valence-corrected chi connectivity index (χ1v) is 7.20. The molecule has 1 aromatic heterocycles. The number of aromatic carboxylic acids is 1. The fraction of sp³-hybridized carbons (Fsp3) is 0.200. The predicted octanol–water partition coefficient (Wildman–Crippen LogP) is 3.78. The number of carboxylic acid groups (broad SMARTS) is 1. The third kappa shape index (κ3) is 3.33. The number of aromatic nitrogens is 1. The summed E-state index contributed by atoms with van der Waals surface area (Å²) in [5.74, 6) is -1.42. The number of nitrogens with zero attached hydrogens (tertiary/aromatic N) is 1. The van der Waals surface area contributed by atoms with Gasteiger partial charge in [-0.3, -0.25) is 4.79 Å². The average Bonchev–Trinajstić information content (AvgIpc) is 2.87. The Morgan fingerprint density at radius 3 is 2.62 bits per heavy atom. The third-order valence-corrected chi connectivity index (χ3v) is 3.52. The van der Waals surface area contributed by atoms with Crippen molar-refractivity contribution in [2.45, 2.75) is 19.9 Å². The zero-order chi connectivity index (χ0) is 15.6. The van der Waals surface area contributed by atoms with Crippen LogP contribution in [0.2, 0.25) is 0 Å². The lowest BCUT2D eigenvalue weighted by Crippen LogP contribution is -2.19. The predicted molar refractivity (Wildman–Crippen MR) is 83.9 cm³/mol. The summed E-state index contributed by atoms with van der Waals surface area (Å²) in [4.78, 5) is 23.6. The quantitative estimate of drug-likeness (QED) is 0.881. The van der Waals surface area contributed by atoms with Crippen molar-refractivity contribution in [2.24, 2.45) is 0 Å². The van der Waals surface area contributed by atoms with Crippen molar-refractivity contribution in [1.29, 1.82) is 0 Å². The number of hydrogen-bond acceptors (Lipinski definition) is 2. The second-order valence-corrected chi connectivity index (χ2v) is 5.76. The van der Waals surface area contributed by atoms with Gasteiger partial charge < -0.3 is 15.0 Å². The number of carbonyl (C=O) groups is 2. The third-order valence-electron chi connectivity index (χ3n) is 3.03. The number of amides is 1. The van der Waals surface area contributed by atoms with Gasteiger partial charge in [-0.05, 0) is 44.2 Å². The van der Waals surface area contributed by atoms with Crippen LogP contribution in [0.3, 0.4) is 0 Å². The number of benzene rings is 1. The molecule has 0 fully saturated rings. The Bertz CT molecular complexity index is 692. The van der Waals surface area contributed by atoms with E-state index in [1.165, 1.54) is 6.07 Å². The van der Waals surface area contributed by atoms with Gasteiger partial charge in [0.25, 0.3) is 5.91 Å². The lowest BCUT2D eigenvalue weighted by Gasteiger charge is -2.14. The van der Waals surface area contributed by atoms with Crippen LogP contribution in [0.1, 0.15) is 40.7 Å². The number of nitrogens with one attached hydrogen (secondary N) is 1. The molecule has 0 aliphatic carbocycles. The van der Waals surface area contributed by atoms with Crippen LogP contribution in [0.25, 0.3) is 0 Å². The van der Waals surface area contributed by atoms with E-state index < -0.39 is 5.97 Å². The smallest absolute Gasteiger partial charge is 0.337 e. The number of halogens is 1. The van der Waals surface area contributed by atoms with E-state index in [-0.39, 0.29) is 23.2 Å². The van der Waals surface area contributed by atoms with E-state index in [0.29, 0.717) is 10.2 Å². The minimum atomic E-state index is -1.09. The van der Waals surface area contributed by atoms with Crippen LogP contribution in [-0.2, 0) is 0 Å². The van der Waals surface area contributed by atoms with Crippen molar-refractivity contribution in [3.05, 3.63) is 52.3 Å². The molecule has 0 saturated heterocycles. The normalized spacial score (nSPS) is 10.7. The Hall–Kier alpha value is -2.08. The lowest BCUT2D eigenvalue weighted by molar-refractivity contribution is 0.0698. The molecule has 21 heavy (non-hydrogen) atoms. The summed E-state index contributed by atoms with van der Waals surface area (Å²) in [6.07, 6.45) is 1.82. The molecule has 2 aromatic rings. The molecule has 110 valence electrons. The van der Waals surface area contributed by atoms with E-state index in [4.69, 9.17) is 0 Å². The molecule has 0 spiro atoms. The molecule has 0 saturated carbocycles. The van der Waals surface area contributed by atoms with Crippen molar-refractivity contribution in [3.8, 4) is 0 Å². The Morgan fingerprint density at radius 2 is 2.00 bits per heavy atom. The summed E-state index contributed by atoms with van der Waals surface area (Å²) in [5, 5.41) is 11.8. The molecule has 6 heteroatoms. The summed E-state index contributed by atoms with van der Waals surface area (Å²) in [6.45, 7) is 3.94. The molecule has 0 bridgehead atoms. The lowest BCUT2D eigenvalue weighted by atomic mass is 10.1. The number of rotatable bonds is 4. The Labute approximate surface area is 130 Å². The molecule has 5 nitrogen and oxygen atoms in total. The summed E-state index contributed by atoms with van der Waals surface area (Å²) >= 11 is 3.27. The van der Waals surface area contributed by atoms with Crippen molar-refractivity contribution < 1.29 is 14.7 Å². The van der Waals surface area contributed by atoms with Crippen LogP contribution in [0, 0.1) is 0 Å². The molecule has 2 N–H and O–H groups in total. The number of anilines is 1. The fourth-order valence-electron chi connectivity index (χ4n) is 2.03. The summed E-state index contributed by atoms with van der Waals surface area (Å²) in [6, 6.07) is 8.27. The van der Waals surface area contributed by atoms with Gasteiger partial charge in [0.15, 0.2) is 0 Å². The fourth-order valence-corrected chi connectivity index (χ4v) is 2.39. The zero-order valence-corrected chi connectivity index (χ0v) is 13.2. The molecular weight excluding hydrogens is 336 g/mol. The molecule has 0 aliphatic rings.